The Balaban J connectivity index is 2.00. The summed E-state index contributed by atoms with van der Waals surface area (Å²) in [5.41, 5.74) is 0.739. The van der Waals surface area contributed by atoms with Crippen molar-refractivity contribution in [1.29, 1.82) is 0 Å². The Kier molecular flexibility index (Phi) is 5.04. The molecule has 3 nitrogen and oxygen atoms in total. The summed E-state index contributed by atoms with van der Waals surface area (Å²) in [6, 6.07) is 14.4. The number of para-hydroxylation sites is 1. The summed E-state index contributed by atoms with van der Waals surface area (Å²) < 4.78 is 6.33. The predicted octanol–water partition coefficient (Wildman–Crippen LogP) is 4.51. The second kappa shape index (κ2) is 6.77. The minimum atomic E-state index is -0.618. The van der Waals surface area contributed by atoms with Gasteiger partial charge in [-0.15, -0.1) is 0 Å². The van der Waals surface area contributed by atoms with Crippen molar-refractivity contribution in [2.75, 3.05) is 5.32 Å². The maximum Gasteiger partial charge on any atom is 0.265 e. The zero-order valence-electron chi connectivity index (χ0n) is 10.8. The Bertz CT molecular complexity index is 604. The maximum absolute atomic E-state index is 12.0. The first kappa shape index (κ1) is 14.9. The lowest BCUT2D eigenvalue weighted by Gasteiger charge is -2.15. The number of amides is 1. The molecule has 0 saturated carbocycles. The van der Waals surface area contributed by atoms with E-state index in [1.807, 2.05) is 30.3 Å². The van der Waals surface area contributed by atoms with Crippen molar-refractivity contribution in [3.8, 4) is 5.75 Å². The van der Waals surface area contributed by atoms with Crippen LogP contribution < -0.4 is 10.1 Å². The number of rotatable bonds is 4. The van der Waals surface area contributed by atoms with Crippen molar-refractivity contribution in [2.24, 2.45) is 0 Å². The summed E-state index contributed by atoms with van der Waals surface area (Å²) in [6.45, 7) is 1.69. The number of anilines is 1. The third-order valence-electron chi connectivity index (χ3n) is 2.61. The van der Waals surface area contributed by atoms with Crippen LogP contribution in [0.5, 0.6) is 5.75 Å². The van der Waals surface area contributed by atoms with Crippen molar-refractivity contribution < 1.29 is 9.53 Å². The lowest BCUT2D eigenvalue weighted by atomic mass is 10.3. The van der Waals surface area contributed by atoms with Gasteiger partial charge in [0.2, 0.25) is 0 Å². The molecule has 0 radical (unpaired) electrons. The van der Waals surface area contributed by atoms with Crippen molar-refractivity contribution in [2.45, 2.75) is 13.0 Å². The Morgan fingerprint density at radius 2 is 1.95 bits per heavy atom. The molecule has 2 aromatic carbocycles. The number of carbonyl (C=O) groups is 1. The summed E-state index contributed by atoms with van der Waals surface area (Å²) in [7, 11) is 0. The molecule has 0 heterocycles. The third kappa shape index (κ3) is 3.99. The van der Waals surface area contributed by atoms with Gasteiger partial charge in [-0.25, -0.2) is 0 Å². The fraction of sp³-hybridized carbons (Fsp3) is 0.133. The zero-order valence-corrected chi connectivity index (χ0v) is 13.1. The molecule has 0 aliphatic carbocycles. The molecule has 2 aromatic rings. The summed E-state index contributed by atoms with van der Waals surface area (Å²) in [5.74, 6) is 0.364. The number of halogens is 2. The summed E-state index contributed by atoms with van der Waals surface area (Å²) in [5, 5.41) is 3.39. The first-order valence-corrected chi connectivity index (χ1v) is 7.21. The van der Waals surface area contributed by atoms with E-state index >= 15 is 0 Å². The van der Waals surface area contributed by atoms with Crippen molar-refractivity contribution in [3.05, 3.63) is 58.0 Å². The average Bonchev–Trinajstić information content (AvgIpc) is 2.43. The molecule has 0 saturated heterocycles. The number of nitrogens with one attached hydrogen (secondary N) is 1. The van der Waals surface area contributed by atoms with E-state index in [9.17, 15) is 4.79 Å². The molecule has 0 fully saturated rings. The van der Waals surface area contributed by atoms with Crippen LogP contribution in [-0.4, -0.2) is 12.0 Å². The molecule has 2 rings (SSSR count). The molecule has 1 amide bonds. The van der Waals surface area contributed by atoms with Gasteiger partial charge in [-0.05, 0) is 53.2 Å². The maximum atomic E-state index is 12.0. The molecule has 0 aliphatic rings. The molecule has 0 unspecified atom stereocenters. The molecule has 0 aromatic heterocycles. The fourth-order valence-corrected chi connectivity index (χ4v) is 2.36. The number of benzene rings is 2. The number of hydrogen-bond donors (Lipinski definition) is 1. The summed E-state index contributed by atoms with van der Waals surface area (Å²) in [4.78, 5) is 12.0. The monoisotopic (exact) mass is 353 g/mol. The minimum absolute atomic E-state index is 0.210. The molecular formula is C15H13BrClNO2. The topological polar surface area (TPSA) is 38.3 Å². The summed E-state index contributed by atoms with van der Waals surface area (Å²) in [6.07, 6.45) is -0.618. The van der Waals surface area contributed by atoms with Gasteiger partial charge in [0.25, 0.3) is 5.91 Å². The Labute approximate surface area is 131 Å². The van der Waals surface area contributed by atoms with E-state index in [1.165, 1.54) is 0 Å². The van der Waals surface area contributed by atoms with Gasteiger partial charge in [0.15, 0.2) is 6.10 Å². The number of ether oxygens (including phenoxy) is 1. The second-order valence-electron chi connectivity index (χ2n) is 4.19. The molecule has 5 heteroatoms. The predicted molar refractivity (Wildman–Crippen MR) is 84.3 cm³/mol. The van der Waals surface area contributed by atoms with Crippen LogP contribution in [-0.2, 0) is 4.79 Å². The standard InChI is InChI=1S/C15H13BrClNO2/c1-10(15(19)18-12-5-3-2-4-6-12)20-14-8-7-11(17)9-13(14)16/h2-10H,1H3,(H,18,19)/t10-/m1/s1. The number of carbonyl (C=O) groups excluding carboxylic acids is 1. The van der Waals surface area contributed by atoms with E-state index in [0.29, 0.717) is 15.2 Å². The Morgan fingerprint density at radius 1 is 1.25 bits per heavy atom. The van der Waals surface area contributed by atoms with Crippen molar-refractivity contribution in [1.82, 2.24) is 0 Å². The normalized spacial score (nSPS) is 11.8. The second-order valence-corrected chi connectivity index (χ2v) is 5.48. The van der Waals surface area contributed by atoms with E-state index in [0.717, 1.165) is 5.69 Å². The van der Waals surface area contributed by atoms with Crippen LogP contribution in [0.3, 0.4) is 0 Å². The highest BCUT2D eigenvalue weighted by molar-refractivity contribution is 9.10. The molecule has 0 bridgehead atoms. The van der Waals surface area contributed by atoms with Gasteiger partial charge in [-0.3, -0.25) is 4.79 Å². The van der Waals surface area contributed by atoms with Crippen LogP contribution in [0.15, 0.2) is 53.0 Å². The first-order chi connectivity index (χ1) is 9.56. The smallest absolute Gasteiger partial charge is 0.265 e. The van der Waals surface area contributed by atoms with Crippen LogP contribution in [0, 0.1) is 0 Å². The Hall–Kier alpha value is -1.52. The van der Waals surface area contributed by atoms with Crippen molar-refractivity contribution in [3.63, 3.8) is 0 Å². The van der Waals surface area contributed by atoms with Gasteiger partial charge >= 0.3 is 0 Å². The lowest BCUT2D eigenvalue weighted by Crippen LogP contribution is -2.30. The van der Waals surface area contributed by atoms with Crippen LogP contribution >= 0.6 is 27.5 Å². The molecule has 0 spiro atoms. The van der Waals surface area contributed by atoms with Crippen LogP contribution in [0.1, 0.15) is 6.92 Å². The molecule has 1 atom stereocenters. The van der Waals surface area contributed by atoms with Crippen LogP contribution in [0.25, 0.3) is 0 Å². The molecule has 1 N–H and O–H groups in total. The molecule has 0 aliphatic heterocycles. The quantitative estimate of drug-likeness (QED) is 0.877. The Morgan fingerprint density at radius 3 is 2.60 bits per heavy atom. The molecule has 20 heavy (non-hydrogen) atoms. The number of hydrogen-bond acceptors (Lipinski definition) is 2. The highest BCUT2D eigenvalue weighted by atomic mass is 79.9. The van der Waals surface area contributed by atoms with Crippen molar-refractivity contribution >= 4 is 39.1 Å². The van der Waals surface area contributed by atoms with Gasteiger partial charge in [0.05, 0.1) is 4.47 Å². The van der Waals surface area contributed by atoms with E-state index in [2.05, 4.69) is 21.2 Å². The average molecular weight is 355 g/mol. The van der Waals surface area contributed by atoms with E-state index in [4.69, 9.17) is 16.3 Å². The molecular weight excluding hydrogens is 342 g/mol. The SMILES string of the molecule is C[C@@H](Oc1ccc(Cl)cc1Br)C(=O)Nc1ccccc1. The molecule has 104 valence electrons. The largest absolute Gasteiger partial charge is 0.480 e. The van der Waals surface area contributed by atoms with Gasteiger partial charge in [0, 0.05) is 10.7 Å². The van der Waals surface area contributed by atoms with Gasteiger partial charge in [-0.1, -0.05) is 29.8 Å². The van der Waals surface area contributed by atoms with Gasteiger partial charge < -0.3 is 10.1 Å². The summed E-state index contributed by atoms with van der Waals surface area (Å²) >= 11 is 9.21. The third-order valence-corrected chi connectivity index (χ3v) is 3.46. The first-order valence-electron chi connectivity index (χ1n) is 6.04. The highest BCUT2D eigenvalue weighted by Crippen LogP contribution is 2.28. The fourth-order valence-electron chi connectivity index (χ4n) is 1.58. The lowest BCUT2D eigenvalue weighted by molar-refractivity contribution is -0.122. The highest BCUT2D eigenvalue weighted by Gasteiger charge is 2.16. The minimum Gasteiger partial charge on any atom is -0.480 e. The van der Waals surface area contributed by atoms with E-state index < -0.39 is 6.10 Å². The van der Waals surface area contributed by atoms with Gasteiger partial charge in [0.1, 0.15) is 5.75 Å². The van der Waals surface area contributed by atoms with Crippen LogP contribution in [0.4, 0.5) is 5.69 Å². The van der Waals surface area contributed by atoms with E-state index in [1.54, 1.807) is 25.1 Å². The van der Waals surface area contributed by atoms with E-state index in [-0.39, 0.29) is 5.91 Å². The van der Waals surface area contributed by atoms with Gasteiger partial charge in [-0.2, -0.15) is 0 Å². The van der Waals surface area contributed by atoms with Crippen LogP contribution in [0.2, 0.25) is 5.02 Å². The zero-order chi connectivity index (χ0) is 14.5.